The third-order valence-electron chi connectivity index (χ3n) is 5.62. The van der Waals surface area contributed by atoms with Crippen LogP contribution in [0.2, 0.25) is 0 Å². The number of methoxy groups -OCH3 is 1. The topological polar surface area (TPSA) is 86.0 Å². The lowest BCUT2D eigenvalue weighted by atomic mass is 10.1. The summed E-state index contributed by atoms with van der Waals surface area (Å²) >= 11 is 1.35. The number of hydrogen-bond donors (Lipinski definition) is 1. The fourth-order valence-corrected chi connectivity index (χ4v) is 4.58. The summed E-state index contributed by atoms with van der Waals surface area (Å²) in [6, 6.07) is 22.6. The van der Waals surface area contributed by atoms with Gasteiger partial charge in [0.05, 0.1) is 25.1 Å². The standard InChI is InChI=1S/C29H25N3O4S/c1-4-35-22-13-11-19(12-14-22)24-17-37-29(31-24)32-27(33)23-16-20-8-6-10-25(34-3)26(20)36-28(23)30-21-9-5-7-18(2)15-21/h5-17H,4H2,1-3H3,(H,31,32,33). The first-order valence-electron chi connectivity index (χ1n) is 11.8. The molecular formula is C29H25N3O4S. The van der Waals surface area contributed by atoms with Gasteiger partial charge in [0.2, 0.25) is 5.55 Å². The minimum Gasteiger partial charge on any atom is -0.494 e. The molecule has 0 spiro atoms. The highest BCUT2D eigenvalue weighted by Crippen LogP contribution is 2.28. The molecule has 1 N–H and O–H groups in total. The highest BCUT2D eigenvalue weighted by molar-refractivity contribution is 7.14. The van der Waals surface area contributed by atoms with Crippen LogP contribution < -0.4 is 20.3 Å². The van der Waals surface area contributed by atoms with Crippen LogP contribution >= 0.6 is 11.3 Å². The van der Waals surface area contributed by atoms with Gasteiger partial charge in [-0.25, -0.2) is 9.98 Å². The summed E-state index contributed by atoms with van der Waals surface area (Å²) in [4.78, 5) is 22.7. The molecular weight excluding hydrogens is 486 g/mol. The van der Waals surface area contributed by atoms with Gasteiger partial charge in [0, 0.05) is 16.3 Å². The minimum absolute atomic E-state index is 0.184. The van der Waals surface area contributed by atoms with E-state index < -0.39 is 0 Å². The number of aryl methyl sites for hydroxylation is 1. The third-order valence-corrected chi connectivity index (χ3v) is 6.38. The smallest absolute Gasteiger partial charge is 0.262 e. The van der Waals surface area contributed by atoms with Gasteiger partial charge in [-0.2, -0.15) is 0 Å². The molecule has 0 atom stereocenters. The second kappa shape index (κ2) is 10.7. The molecule has 5 aromatic rings. The molecule has 0 aliphatic carbocycles. The number of nitrogens with one attached hydrogen (secondary N) is 1. The summed E-state index contributed by atoms with van der Waals surface area (Å²) in [7, 11) is 1.58. The maximum atomic E-state index is 13.4. The van der Waals surface area contributed by atoms with Gasteiger partial charge in [-0.15, -0.1) is 11.3 Å². The molecule has 3 aromatic carbocycles. The van der Waals surface area contributed by atoms with Gasteiger partial charge in [-0.1, -0.05) is 24.3 Å². The fourth-order valence-electron chi connectivity index (χ4n) is 3.86. The van der Waals surface area contributed by atoms with E-state index in [4.69, 9.17) is 13.9 Å². The van der Waals surface area contributed by atoms with Crippen molar-refractivity contribution in [3.8, 4) is 22.8 Å². The molecule has 2 heterocycles. The Morgan fingerprint density at radius 1 is 1.08 bits per heavy atom. The van der Waals surface area contributed by atoms with Crippen LogP contribution in [-0.2, 0) is 0 Å². The highest BCUT2D eigenvalue weighted by Gasteiger charge is 2.17. The van der Waals surface area contributed by atoms with Crippen molar-refractivity contribution in [2.24, 2.45) is 4.99 Å². The molecule has 5 rings (SSSR count). The summed E-state index contributed by atoms with van der Waals surface area (Å²) < 4.78 is 17.1. The molecule has 37 heavy (non-hydrogen) atoms. The highest BCUT2D eigenvalue weighted by atomic mass is 32.1. The number of carbonyl (C=O) groups is 1. The average Bonchev–Trinajstić information content (AvgIpc) is 3.37. The summed E-state index contributed by atoms with van der Waals surface area (Å²) in [6.07, 6.45) is 0. The van der Waals surface area contributed by atoms with Crippen molar-refractivity contribution in [3.63, 3.8) is 0 Å². The Morgan fingerprint density at radius 2 is 1.89 bits per heavy atom. The normalized spacial score (nSPS) is 11.5. The zero-order valence-electron chi connectivity index (χ0n) is 20.6. The number of carbonyl (C=O) groups excluding carboxylic acids is 1. The number of para-hydroxylation sites is 1. The molecule has 0 saturated carbocycles. The monoisotopic (exact) mass is 511 g/mol. The molecule has 0 aliphatic heterocycles. The van der Waals surface area contributed by atoms with Crippen LogP contribution in [0.1, 0.15) is 22.8 Å². The van der Waals surface area contributed by atoms with Crippen molar-refractivity contribution in [2.45, 2.75) is 13.8 Å². The SMILES string of the molecule is CCOc1ccc(-c2csc(NC(=O)c3cc4cccc(OC)c4oc3=Nc3cccc(C)c3)n2)cc1. The maximum absolute atomic E-state index is 13.4. The number of fused-ring (bicyclic) bond motifs is 1. The van der Waals surface area contributed by atoms with Gasteiger partial charge < -0.3 is 13.9 Å². The molecule has 0 radical (unpaired) electrons. The number of thiazole rings is 1. The summed E-state index contributed by atoms with van der Waals surface area (Å²) in [6.45, 7) is 4.54. The van der Waals surface area contributed by atoms with Gasteiger partial charge in [0.25, 0.3) is 5.91 Å². The van der Waals surface area contributed by atoms with Crippen LogP contribution in [0, 0.1) is 6.92 Å². The van der Waals surface area contributed by atoms with Gasteiger partial charge in [-0.05, 0) is 67.9 Å². The molecule has 0 fully saturated rings. The van der Waals surface area contributed by atoms with Gasteiger partial charge in [0.1, 0.15) is 11.3 Å². The van der Waals surface area contributed by atoms with Crippen LogP contribution in [0.25, 0.3) is 22.2 Å². The van der Waals surface area contributed by atoms with E-state index in [2.05, 4.69) is 15.3 Å². The van der Waals surface area contributed by atoms with Crippen molar-refractivity contribution in [3.05, 3.63) is 94.9 Å². The van der Waals surface area contributed by atoms with Crippen molar-refractivity contribution < 1.29 is 18.7 Å². The second-order valence-electron chi connectivity index (χ2n) is 8.24. The summed E-state index contributed by atoms with van der Waals surface area (Å²) in [5, 5.41) is 6.00. The molecule has 8 heteroatoms. The maximum Gasteiger partial charge on any atom is 0.262 e. The van der Waals surface area contributed by atoms with Crippen molar-refractivity contribution in [1.29, 1.82) is 0 Å². The zero-order valence-corrected chi connectivity index (χ0v) is 21.5. The quantitative estimate of drug-likeness (QED) is 0.261. The number of benzene rings is 3. The number of nitrogens with zero attached hydrogens (tertiary/aromatic N) is 2. The van der Waals surface area contributed by atoms with E-state index >= 15 is 0 Å². The number of anilines is 1. The van der Waals surface area contributed by atoms with Crippen LogP contribution in [0.15, 0.2) is 87.6 Å². The van der Waals surface area contributed by atoms with Crippen molar-refractivity contribution in [2.75, 3.05) is 19.0 Å². The van der Waals surface area contributed by atoms with Gasteiger partial charge in [0.15, 0.2) is 16.5 Å². The lowest BCUT2D eigenvalue weighted by Crippen LogP contribution is -2.21. The minimum atomic E-state index is -0.368. The molecule has 0 saturated heterocycles. The lowest BCUT2D eigenvalue weighted by Gasteiger charge is -2.08. The van der Waals surface area contributed by atoms with Gasteiger partial charge in [-0.3, -0.25) is 10.1 Å². The van der Waals surface area contributed by atoms with E-state index in [9.17, 15) is 4.79 Å². The van der Waals surface area contributed by atoms with E-state index in [1.54, 1.807) is 19.2 Å². The molecule has 186 valence electrons. The van der Waals surface area contributed by atoms with E-state index in [1.807, 2.05) is 79.9 Å². The first-order valence-corrected chi connectivity index (χ1v) is 12.6. The lowest BCUT2D eigenvalue weighted by molar-refractivity contribution is 0.102. The number of amides is 1. The van der Waals surface area contributed by atoms with Crippen molar-refractivity contribution >= 4 is 39.0 Å². The summed E-state index contributed by atoms with van der Waals surface area (Å²) in [5.74, 6) is 0.995. The van der Waals surface area contributed by atoms with Crippen LogP contribution in [0.3, 0.4) is 0 Å². The average molecular weight is 512 g/mol. The fraction of sp³-hybridized carbons (Fsp3) is 0.138. The molecule has 2 aromatic heterocycles. The van der Waals surface area contributed by atoms with Crippen molar-refractivity contribution in [1.82, 2.24) is 4.98 Å². The Bertz CT molecular complexity index is 1640. The van der Waals surface area contributed by atoms with Crippen LogP contribution in [-0.4, -0.2) is 24.6 Å². The Balaban J connectivity index is 1.50. The third kappa shape index (κ3) is 5.39. The first-order chi connectivity index (χ1) is 18.0. The largest absolute Gasteiger partial charge is 0.494 e. The number of hydrogen-bond acceptors (Lipinski definition) is 7. The Labute approximate surface area is 218 Å². The Hall–Kier alpha value is -4.43. The predicted molar refractivity (Wildman–Crippen MR) is 146 cm³/mol. The van der Waals surface area contributed by atoms with E-state index in [-0.39, 0.29) is 11.5 Å². The van der Waals surface area contributed by atoms with E-state index in [0.717, 1.165) is 28.0 Å². The van der Waals surface area contributed by atoms with Crippen LogP contribution in [0.4, 0.5) is 10.8 Å². The predicted octanol–water partition coefficient (Wildman–Crippen LogP) is 6.76. The second-order valence-corrected chi connectivity index (χ2v) is 9.10. The first kappa shape index (κ1) is 24.3. The van der Waals surface area contributed by atoms with E-state index in [1.165, 1.54) is 11.3 Å². The molecule has 7 nitrogen and oxygen atoms in total. The van der Waals surface area contributed by atoms with Gasteiger partial charge >= 0.3 is 0 Å². The molecule has 0 unspecified atom stereocenters. The van der Waals surface area contributed by atoms with E-state index in [0.29, 0.717) is 34.3 Å². The molecule has 0 bridgehead atoms. The zero-order chi connectivity index (χ0) is 25.8. The number of rotatable bonds is 7. The molecule has 1 amide bonds. The Morgan fingerprint density at radius 3 is 2.65 bits per heavy atom. The van der Waals surface area contributed by atoms with Crippen LogP contribution in [0.5, 0.6) is 11.5 Å². The Kier molecular flexibility index (Phi) is 7.00. The summed E-state index contributed by atoms with van der Waals surface area (Å²) in [5.41, 5.74) is 4.42. The molecule has 0 aliphatic rings. The number of ether oxygens (including phenoxy) is 2. The number of aromatic nitrogens is 1.